The van der Waals surface area contributed by atoms with Crippen molar-refractivity contribution in [3.63, 3.8) is 0 Å². The Labute approximate surface area is 159 Å². The first-order chi connectivity index (χ1) is 13.0. The fourth-order valence-corrected chi connectivity index (χ4v) is 2.29. The summed E-state index contributed by atoms with van der Waals surface area (Å²) >= 11 is 5.83. The third-order valence-electron chi connectivity index (χ3n) is 3.37. The number of hydrogen-bond donors (Lipinski definition) is 1. The summed E-state index contributed by atoms with van der Waals surface area (Å²) in [5.41, 5.74) is -5.13. The quantitative estimate of drug-likeness (QED) is 0.437. The standard InChI is InChI=1S/C16H13ClF4N2O5/c1-2-14(25)28-4-3-27-11-6-10(9(18)5-8(11)17)23-13(24)7-12(16(19,20)21)22-15(23)26/h5-7H,2-4H2,1H3,(H,22,26). The Morgan fingerprint density at radius 3 is 2.46 bits per heavy atom. The molecule has 0 amide bonds. The molecule has 1 heterocycles. The molecule has 0 bridgehead atoms. The molecule has 1 aromatic carbocycles. The molecule has 0 aliphatic carbocycles. The summed E-state index contributed by atoms with van der Waals surface area (Å²) in [6.45, 7) is 1.27. The lowest BCUT2D eigenvalue weighted by atomic mass is 10.2. The summed E-state index contributed by atoms with van der Waals surface area (Å²) in [6, 6.07) is 1.73. The molecule has 0 aliphatic heterocycles. The number of esters is 1. The minimum atomic E-state index is -4.96. The molecule has 0 spiro atoms. The molecule has 0 atom stereocenters. The minimum Gasteiger partial charge on any atom is -0.488 e. The monoisotopic (exact) mass is 424 g/mol. The molecule has 2 aromatic rings. The Hall–Kier alpha value is -2.82. The van der Waals surface area contributed by atoms with Crippen molar-refractivity contribution in [2.45, 2.75) is 19.5 Å². The van der Waals surface area contributed by atoms with Crippen LogP contribution in [0.15, 0.2) is 27.8 Å². The van der Waals surface area contributed by atoms with E-state index in [2.05, 4.69) is 0 Å². The molecule has 0 aliphatic rings. The van der Waals surface area contributed by atoms with Crippen molar-refractivity contribution < 1.29 is 31.8 Å². The number of nitrogens with one attached hydrogen (secondary N) is 1. The molecule has 0 radical (unpaired) electrons. The smallest absolute Gasteiger partial charge is 0.431 e. The van der Waals surface area contributed by atoms with Crippen molar-refractivity contribution in [1.29, 1.82) is 0 Å². The van der Waals surface area contributed by atoms with Gasteiger partial charge in [-0.3, -0.25) is 9.59 Å². The number of rotatable bonds is 6. The van der Waals surface area contributed by atoms with Gasteiger partial charge in [0, 0.05) is 18.6 Å². The van der Waals surface area contributed by atoms with Gasteiger partial charge in [0.1, 0.15) is 30.5 Å². The Balaban J connectivity index is 2.38. The van der Waals surface area contributed by atoms with Gasteiger partial charge < -0.3 is 14.5 Å². The van der Waals surface area contributed by atoms with Crippen LogP contribution >= 0.6 is 11.6 Å². The number of aromatic nitrogens is 2. The fraction of sp³-hybridized carbons (Fsp3) is 0.312. The number of halogens is 5. The number of carbonyl (C=O) groups excluding carboxylic acids is 1. The van der Waals surface area contributed by atoms with Gasteiger partial charge >= 0.3 is 17.8 Å². The van der Waals surface area contributed by atoms with Crippen molar-refractivity contribution in [3.8, 4) is 11.4 Å². The van der Waals surface area contributed by atoms with E-state index in [0.29, 0.717) is 0 Å². The van der Waals surface area contributed by atoms with E-state index in [1.54, 1.807) is 6.92 Å². The van der Waals surface area contributed by atoms with E-state index in [-0.39, 0.29) is 41.0 Å². The summed E-state index contributed by atoms with van der Waals surface area (Å²) in [4.78, 5) is 36.4. The molecule has 1 aromatic heterocycles. The van der Waals surface area contributed by atoms with Crippen molar-refractivity contribution in [2.24, 2.45) is 0 Å². The van der Waals surface area contributed by atoms with Gasteiger partial charge in [-0.25, -0.2) is 13.8 Å². The van der Waals surface area contributed by atoms with Crippen LogP contribution in [-0.4, -0.2) is 28.7 Å². The highest BCUT2D eigenvalue weighted by molar-refractivity contribution is 6.32. The van der Waals surface area contributed by atoms with E-state index in [0.717, 1.165) is 12.1 Å². The van der Waals surface area contributed by atoms with E-state index < -0.39 is 40.6 Å². The maximum absolute atomic E-state index is 14.2. The molecule has 152 valence electrons. The first-order valence-corrected chi connectivity index (χ1v) is 8.13. The lowest BCUT2D eigenvalue weighted by molar-refractivity contribution is -0.144. The maximum atomic E-state index is 14.2. The normalized spacial score (nSPS) is 11.4. The van der Waals surface area contributed by atoms with Gasteiger partial charge in [0.05, 0.1) is 10.7 Å². The molecular weight excluding hydrogens is 412 g/mol. The van der Waals surface area contributed by atoms with Crippen LogP contribution in [0.4, 0.5) is 17.6 Å². The van der Waals surface area contributed by atoms with Crippen LogP contribution < -0.4 is 16.0 Å². The Bertz CT molecular complexity index is 969. The molecule has 0 saturated carbocycles. The number of carbonyl (C=O) groups is 1. The van der Waals surface area contributed by atoms with Crippen LogP contribution in [0, 0.1) is 5.82 Å². The van der Waals surface area contributed by atoms with Crippen LogP contribution in [0.2, 0.25) is 5.02 Å². The number of benzene rings is 1. The van der Waals surface area contributed by atoms with Crippen molar-refractivity contribution in [3.05, 3.63) is 55.6 Å². The average Bonchev–Trinajstić information content (AvgIpc) is 2.59. The van der Waals surface area contributed by atoms with Crippen LogP contribution in [0.1, 0.15) is 19.0 Å². The molecule has 0 fully saturated rings. The lowest BCUT2D eigenvalue weighted by Gasteiger charge is -2.13. The summed E-state index contributed by atoms with van der Waals surface area (Å²) in [5, 5.41) is -0.223. The fourth-order valence-electron chi connectivity index (χ4n) is 2.09. The summed E-state index contributed by atoms with van der Waals surface area (Å²) in [6.07, 6.45) is -4.80. The second kappa shape index (κ2) is 8.46. The van der Waals surface area contributed by atoms with E-state index in [1.165, 1.54) is 4.98 Å². The molecule has 1 N–H and O–H groups in total. The largest absolute Gasteiger partial charge is 0.488 e. The van der Waals surface area contributed by atoms with Gasteiger partial charge in [-0.05, 0) is 6.07 Å². The highest BCUT2D eigenvalue weighted by atomic mass is 35.5. The second-order valence-electron chi connectivity index (χ2n) is 5.32. The number of alkyl halides is 3. The number of nitrogens with zero attached hydrogens (tertiary/aromatic N) is 1. The van der Waals surface area contributed by atoms with E-state index >= 15 is 0 Å². The predicted molar refractivity (Wildman–Crippen MR) is 89.4 cm³/mol. The van der Waals surface area contributed by atoms with E-state index in [4.69, 9.17) is 21.1 Å². The van der Waals surface area contributed by atoms with E-state index in [1.807, 2.05) is 0 Å². The average molecular weight is 425 g/mol. The highest BCUT2D eigenvalue weighted by Gasteiger charge is 2.33. The summed E-state index contributed by atoms with van der Waals surface area (Å²) in [5.74, 6) is -1.78. The third kappa shape index (κ3) is 4.91. The molecular formula is C16H13ClF4N2O5. The Kier molecular flexibility index (Phi) is 6.49. The van der Waals surface area contributed by atoms with Crippen LogP contribution in [0.25, 0.3) is 5.69 Å². The predicted octanol–water partition coefficient (Wildman–Crippen LogP) is 2.67. The molecule has 28 heavy (non-hydrogen) atoms. The van der Waals surface area contributed by atoms with Gasteiger partial charge in [-0.15, -0.1) is 0 Å². The maximum Gasteiger partial charge on any atom is 0.431 e. The van der Waals surface area contributed by atoms with Gasteiger partial charge in [0.2, 0.25) is 0 Å². The molecule has 2 rings (SSSR count). The van der Waals surface area contributed by atoms with Crippen LogP contribution in [0.3, 0.4) is 0 Å². The zero-order chi connectivity index (χ0) is 21.1. The van der Waals surface area contributed by atoms with Crippen molar-refractivity contribution in [2.75, 3.05) is 13.2 Å². The van der Waals surface area contributed by atoms with Crippen molar-refractivity contribution in [1.82, 2.24) is 9.55 Å². The summed E-state index contributed by atoms with van der Waals surface area (Å²) in [7, 11) is 0. The summed E-state index contributed by atoms with van der Waals surface area (Å²) < 4.78 is 62.4. The zero-order valence-electron chi connectivity index (χ0n) is 14.2. The number of ether oxygens (including phenoxy) is 2. The number of aromatic amines is 1. The molecule has 0 unspecified atom stereocenters. The van der Waals surface area contributed by atoms with Gasteiger partial charge in [0.25, 0.3) is 5.56 Å². The van der Waals surface area contributed by atoms with Gasteiger partial charge in [-0.2, -0.15) is 13.2 Å². The zero-order valence-corrected chi connectivity index (χ0v) is 15.0. The molecule has 7 nitrogen and oxygen atoms in total. The van der Waals surface area contributed by atoms with Gasteiger partial charge in [-0.1, -0.05) is 18.5 Å². The Morgan fingerprint density at radius 1 is 1.21 bits per heavy atom. The number of hydrogen-bond acceptors (Lipinski definition) is 5. The SMILES string of the molecule is CCC(=O)OCCOc1cc(-n2c(=O)cc(C(F)(F)F)[nH]c2=O)c(F)cc1Cl. The number of H-pyrrole nitrogens is 1. The van der Waals surface area contributed by atoms with E-state index in [9.17, 15) is 31.9 Å². The Morgan fingerprint density at radius 2 is 1.89 bits per heavy atom. The van der Waals surface area contributed by atoms with Crippen molar-refractivity contribution >= 4 is 17.6 Å². The molecule has 12 heteroatoms. The first-order valence-electron chi connectivity index (χ1n) is 7.76. The third-order valence-corrected chi connectivity index (χ3v) is 3.67. The second-order valence-corrected chi connectivity index (χ2v) is 5.72. The van der Waals surface area contributed by atoms with Crippen LogP contribution in [-0.2, 0) is 15.7 Å². The molecule has 0 saturated heterocycles. The highest BCUT2D eigenvalue weighted by Crippen LogP contribution is 2.29. The minimum absolute atomic E-state index is 0.125. The van der Waals surface area contributed by atoms with Gasteiger partial charge in [0.15, 0.2) is 0 Å². The topological polar surface area (TPSA) is 90.4 Å². The lowest BCUT2D eigenvalue weighted by Crippen LogP contribution is -2.36. The first kappa shape index (κ1) is 21.5. The van der Waals surface area contributed by atoms with Crippen LogP contribution in [0.5, 0.6) is 5.75 Å².